The summed E-state index contributed by atoms with van der Waals surface area (Å²) in [4.78, 5) is 25.4. The molecule has 0 bridgehead atoms. The summed E-state index contributed by atoms with van der Waals surface area (Å²) in [6.07, 6.45) is 5.23. The van der Waals surface area contributed by atoms with E-state index in [4.69, 9.17) is 16.3 Å². The molecule has 0 aliphatic heterocycles. The zero-order chi connectivity index (χ0) is 20.0. The highest BCUT2D eigenvalue weighted by molar-refractivity contribution is 6.30. The van der Waals surface area contributed by atoms with Gasteiger partial charge in [-0.1, -0.05) is 17.7 Å². The van der Waals surface area contributed by atoms with Crippen LogP contribution in [0.5, 0.6) is 17.5 Å². The van der Waals surface area contributed by atoms with Crippen LogP contribution >= 0.6 is 11.6 Å². The summed E-state index contributed by atoms with van der Waals surface area (Å²) >= 11 is 6.04. The Labute approximate surface area is 168 Å². The van der Waals surface area contributed by atoms with Crippen molar-refractivity contribution in [1.29, 1.82) is 0 Å². The van der Waals surface area contributed by atoms with E-state index in [-0.39, 0.29) is 17.6 Å². The second-order valence-electron chi connectivity index (χ2n) is 6.69. The summed E-state index contributed by atoms with van der Waals surface area (Å²) in [5, 5.41) is 15.3. The molecule has 0 unspecified atom stereocenters. The number of aromatic nitrogens is 5. The maximum Gasteiger partial charge on any atom is 0.326 e. The number of aromatic hydroxyl groups is 1. The van der Waals surface area contributed by atoms with Crippen LogP contribution in [-0.4, -0.2) is 35.7 Å². The molecule has 146 valence electrons. The Balaban J connectivity index is 1.68. The number of nitrogens with one attached hydrogen (secondary N) is 2. The van der Waals surface area contributed by atoms with Crippen molar-refractivity contribution in [3.05, 3.63) is 68.4 Å². The number of H-pyrrole nitrogens is 2. The van der Waals surface area contributed by atoms with Crippen molar-refractivity contribution in [3.8, 4) is 17.5 Å². The standard InChI is InChI=1S/C19H15ClN6O3/c20-11-2-1-3-13(7-11)29-16-8-15(22-12-4-5-12)26-17(24-16)10(9-21-26)6-14-18(27)25-19(28)23-14/h1-3,6-9,12,27H,4-5H2,(H2,23,25,28)/b10-6-,22-15?. The first-order valence-electron chi connectivity index (χ1n) is 8.94. The maximum atomic E-state index is 11.4. The van der Waals surface area contributed by atoms with Crippen molar-refractivity contribution in [2.45, 2.75) is 18.9 Å². The molecule has 5 rings (SSSR count). The van der Waals surface area contributed by atoms with Crippen molar-refractivity contribution in [2.24, 2.45) is 4.99 Å². The predicted molar refractivity (Wildman–Crippen MR) is 105 cm³/mol. The third kappa shape index (κ3) is 3.59. The van der Waals surface area contributed by atoms with Crippen molar-refractivity contribution >= 4 is 23.3 Å². The number of halogens is 1. The molecular formula is C19H15ClN6O3. The van der Waals surface area contributed by atoms with Gasteiger partial charge in [-0.2, -0.15) is 14.6 Å². The minimum Gasteiger partial charge on any atom is -0.493 e. The minimum absolute atomic E-state index is 0.230. The Kier molecular flexibility index (Phi) is 4.09. The van der Waals surface area contributed by atoms with Crippen LogP contribution in [0.3, 0.4) is 0 Å². The molecular weight excluding hydrogens is 396 g/mol. The number of aromatic amines is 2. The van der Waals surface area contributed by atoms with Gasteiger partial charge in [-0.3, -0.25) is 9.98 Å². The van der Waals surface area contributed by atoms with E-state index in [1.807, 2.05) is 0 Å². The molecule has 3 aromatic heterocycles. The molecule has 1 fully saturated rings. The van der Waals surface area contributed by atoms with Crippen LogP contribution in [0, 0.1) is 0 Å². The van der Waals surface area contributed by atoms with E-state index in [1.165, 1.54) is 0 Å². The number of rotatable bonds is 4. The maximum absolute atomic E-state index is 11.4. The van der Waals surface area contributed by atoms with Crippen LogP contribution in [0.15, 0.2) is 46.3 Å². The van der Waals surface area contributed by atoms with Gasteiger partial charge in [0.2, 0.25) is 11.8 Å². The van der Waals surface area contributed by atoms with Crippen molar-refractivity contribution in [3.63, 3.8) is 0 Å². The summed E-state index contributed by atoms with van der Waals surface area (Å²) in [5.74, 6) is 0.619. The van der Waals surface area contributed by atoms with Crippen LogP contribution in [0.1, 0.15) is 18.5 Å². The average molecular weight is 411 g/mol. The average Bonchev–Trinajstić information content (AvgIpc) is 3.31. The van der Waals surface area contributed by atoms with Gasteiger partial charge in [0, 0.05) is 16.3 Å². The molecule has 10 heteroatoms. The first-order chi connectivity index (χ1) is 14.0. The smallest absolute Gasteiger partial charge is 0.326 e. The molecule has 29 heavy (non-hydrogen) atoms. The molecule has 4 aromatic rings. The summed E-state index contributed by atoms with van der Waals surface area (Å²) < 4.78 is 7.50. The fourth-order valence-corrected chi connectivity index (χ4v) is 3.06. The highest BCUT2D eigenvalue weighted by atomic mass is 35.5. The van der Waals surface area contributed by atoms with E-state index in [2.05, 4.69) is 25.0 Å². The SMILES string of the molecule is O=c1[nH]c(O)c(/C=c2/cnn3c(=NC4CC4)cc(Oc4cccc(Cl)c4)nc23)[nH]1. The van der Waals surface area contributed by atoms with E-state index in [9.17, 15) is 9.90 Å². The van der Waals surface area contributed by atoms with E-state index in [0.29, 0.717) is 33.0 Å². The zero-order valence-corrected chi connectivity index (χ0v) is 15.7. The molecule has 0 radical (unpaired) electrons. The molecule has 3 heterocycles. The largest absolute Gasteiger partial charge is 0.493 e. The van der Waals surface area contributed by atoms with Gasteiger partial charge in [0.15, 0.2) is 11.1 Å². The Morgan fingerprint density at radius 3 is 2.90 bits per heavy atom. The number of ether oxygens (including phenoxy) is 1. The first kappa shape index (κ1) is 17.5. The number of hydrogen-bond donors (Lipinski definition) is 3. The number of hydrogen-bond acceptors (Lipinski definition) is 6. The quantitative estimate of drug-likeness (QED) is 0.471. The van der Waals surface area contributed by atoms with Crippen LogP contribution in [0.25, 0.3) is 11.7 Å². The van der Waals surface area contributed by atoms with Gasteiger partial charge in [0.05, 0.1) is 12.2 Å². The fourth-order valence-electron chi connectivity index (χ4n) is 2.88. The topological polar surface area (TPSA) is 121 Å². The Morgan fingerprint density at radius 1 is 1.31 bits per heavy atom. The van der Waals surface area contributed by atoms with Gasteiger partial charge in [-0.15, -0.1) is 0 Å². The summed E-state index contributed by atoms with van der Waals surface area (Å²) in [7, 11) is 0. The zero-order valence-electron chi connectivity index (χ0n) is 15.0. The number of benzene rings is 1. The molecule has 3 N–H and O–H groups in total. The van der Waals surface area contributed by atoms with Crippen LogP contribution in [0.4, 0.5) is 0 Å². The number of nitrogens with zero attached hydrogens (tertiary/aromatic N) is 4. The van der Waals surface area contributed by atoms with Crippen LogP contribution in [0.2, 0.25) is 5.02 Å². The van der Waals surface area contributed by atoms with E-state index < -0.39 is 5.69 Å². The lowest BCUT2D eigenvalue weighted by atomic mass is 10.3. The van der Waals surface area contributed by atoms with E-state index in [0.717, 1.165) is 12.8 Å². The lowest BCUT2D eigenvalue weighted by Crippen LogP contribution is -2.19. The van der Waals surface area contributed by atoms with Crippen LogP contribution in [-0.2, 0) is 0 Å². The van der Waals surface area contributed by atoms with E-state index >= 15 is 0 Å². The molecule has 1 aliphatic carbocycles. The Bertz CT molecular complexity index is 1400. The molecule has 9 nitrogen and oxygen atoms in total. The third-order valence-electron chi connectivity index (χ3n) is 4.37. The van der Waals surface area contributed by atoms with Gasteiger partial charge >= 0.3 is 5.69 Å². The Morgan fingerprint density at radius 2 is 2.17 bits per heavy atom. The fraction of sp³-hybridized carbons (Fsp3) is 0.158. The lowest BCUT2D eigenvalue weighted by molar-refractivity contribution is 0.454. The molecule has 0 spiro atoms. The van der Waals surface area contributed by atoms with Crippen molar-refractivity contribution in [2.75, 3.05) is 0 Å². The van der Waals surface area contributed by atoms with Gasteiger partial charge in [-0.25, -0.2) is 4.79 Å². The molecule has 1 aromatic carbocycles. The summed E-state index contributed by atoms with van der Waals surface area (Å²) in [6.45, 7) is 0. The van der Waals surface area contributed by atoms with Gasteiger partial charge < -0.3 is 14.8 Å². The second kappa shape index (κ2) is 6.78. The minimum atomic E-state index is -0.507. The van der Waals surface area contributed by atoms with E-state index in [1.54, 1.807) is 47.1 Å². The van der Waals surface area contributed by atoms with Gasteiger partial charge in [-0.05, 0) is 37.1 Å². The highest BCUT2D eigenvalue weighted by Crippen LogP contribution is 2.24. The summed E-state index contributed by atoms with van der Waals surface area (Å²) in [6, 6.07) is 9.00. The molecule has 0 atom stereocenters. The number of fused-ring (bicyclic) bond motifs is 1. The predicted octanol–water partition coefficient (Wildman–Crippen LogP) is 1.51. The van der Waals surface area contributed by atoms with Crippen LogP contribution < -0.4 is 21.1 Å². The molecule has 0 saturated heterocycles. The second-order valence-corrected chi connectivity index (χ2v) is 7.13. The van der Waals surface area contributed by atoms with Crippen molar-refractivity contribution < 1.29 is 9.84 Å². The molecule has 0 amide bonds. The van der Waals surface area contributed by atoms with Crippen molar-refractivity contribution in [1.82, 2.24) is 24.6 Å². The first-order valence-corrected chi connectivity index (χ1v) is 9.32. The molecule has 1 saturated carbocycles. The normalized spacial score (nSPS) is 15.3. The Hall–Kier alpha value is -3.59. The van der Waals surface area contributed by atoms with Gasteiger partial charge in [0.1, 0.15) is 11.4 Å². The summed E-state index contributed by atoms with van der Waals surface area (Å²) in [5.41, 5.74) is 0.812. The lowest BCUT2D eigenvalue weighted by Gasteiger charge is -2.06. The van der Waals surface area contributed by atoms with Gasteiger partial charge in [0.25, 0.3) is 0 Å². The number of imidazole rings is 1. The molecule has 1 aliphatic rings. The third-order valence-corrected chi connectivity index (χ3v) is 4.61. The monoisotopic (exact) mass is 410 g/mol. The highest BCUT2D eigenvalue weighted by Gasteiger charge is 2.20.